The lowest BCUT2D eigenvalue weighted by Crippen LogP contribution is -2.00. The molecular weight excluding hydrogens is 248 g/mol. The molecule has 1 saturated carbocycles. The molecule has 2 nitrogen and oxygen atoms in total. The maximum Gasteiger partial charge on any atom is 0.0948 e. The number of thiazole rings is 1. The first-order valence-corrected chi connectivity index (χ1v) is 7.38. The van der Waals surface area contributed by atoms with Gasteiger partial charge < -0.3 is 0 Å². The van der Waals surface area contributed by atoms with Crippen LogP contribution in [0.3, 0.4) is 0 Å². The molecule has 2 aromatic heterocycles. The molecule has 0 amide bonds. The van der Waals surface area contributed by atoms with E-state index in [0.29, 0.717) is 0 Å². The van der Waals surface area contributed by atoms with E-state index in [2.05, 4.69) is 34.8 Å². The third-order valence-electron chi connectivity index (χ3n) is 3.23. The van der Waals surface area contributed by atoms with E-state index in [0.717, 1.165) is 30.0 Å². The molecule has 0 bridgehead atoms. The molecule has 1 fully saturated rings. The molecule has 86 valence electrons. The topological polar surface area (TPSA) is 36.7 Å². The van der Waals surface area contributed by atoms with Crippen LogP contribution in [0.25, 0.3) is 10.6 Å². The van der Waals surface area contributed by atoms with Gasteiger partial charge >= 0.3 is 0 Å². The first-order valence-electron chi connectivity index (χ1n) is 5.63. The second-order valence-electron chi connectivity index (χ2n) is 4.63. The minimum absolute atomic E-state index is 0.0837. The van der Waals surface area contributed by atoms with Crippen LogP contribution in [0, 0.1) is 23.7 Å². The monoisotopic (exact) mass is 260 g/mol. The minimum atomic E-state index is -0.0837. The summed E-state index contributed by atoms with van der Waals surface area (Å²) in [6, 6.07) is 4.55. The fourth-order valence-electron chi connectivity index (χ4n) is 1.90. The lowest BCUT2D eigenvalue weighted by atomic mass is 10.1. The molecule has 0 unspecified atom stereocenters. The molecule has 0 atom stereocenters. The number of hydrogen-bond acceptors (Lipinski definition) is 4. The number of aryl methyl sites for hydroxylation is 1. The first kappa shape index (κ1) is 10.9. The van der Waals surface area contributed by atoms with Gasteiger partial charge in [0.15, 0.2) is 0 Å². The van der Waals surface area contributed by atoms with E-state index in [4.69, 9.17) is 5.26 Å². The van der Waals surface area contributed by atoms with Crippen molar-refractivity contribution in [1.29, 1.82) is 5.26 Å². The molecule has 0 aliphatic heterocycles. The standard InChI is InChI=1S/C13H12N2S2/c1-9-2-5-16-12(9)10-7-17-11(15-10)6-13(8-14)3-4-13/h2,5,7H,3-4,6H2,1H3. The summed E-state index contributed by atoms with van der Waals surface area (Å²) in [5, 5.41) is 14.4. The minimum Gasteiger partial charge on any atom is -0.240 e. The highest BCUT2D eigenvalue weighted by atomic mass is 32.1. The first-order chi connectivity index (χ1) is 8.22. The summed E-state index contributed by atoms with van der Waals surface area (Å²) in [7, 11) is 0. The Labute approximate surface area is 109 Å². The largest absolute Gasteiger partial charge is 0.240 e. The molecule has 2 aromatic rings. The highest BCUT2D eigenvalue weighted by molar-refractivity contribution is 7.14. The van der Waals surface area contributed by atoms with Gasteiger partial charge in [-0.05, 0) is 36.8 Å². The zero-order valence-corrected chi connectivity index (χ0v) is 11.2. The number of aromatic nitrogens is 1. The number of nitriles is 1. The highest BCUT2D eigenvalue weighted by Gasteiger charge is 2.43. The fraction of sp³-hybridized carbons (Fsp3) is 0.385. The van der Waals surface area contributed by atoms with Crippen molar-refractivity contribution >= 4 is 22.7 Å². The fourth-order valence-corrected chi connectivity index (χ4v) is 3.79. The average molecular weight is 260 g/mol. The van der Waals surface area contributed by atoms with Gasteiger partial charge in [-0.2, -0.15) is 5.26 Å². The van der Waals surface area contributed by atoms with Crippen LogP contribution >= 0.6 is 22.7 Å². The van der Waals surface area contributed by atoms with Crippen molar-refractivity contribution in [3.8, 4) is 16.6 Å². The molecule has 4 heteroatoms. The van der Waals surface area contributed by atoms with Gasteiger partial charge in [-0.25, -0.2) is 4.98 Å². The molecule has 0 aromatic carbocycles. The zero-order valence-electron chi connectivity index (χ0n) is 9.56. The average Bonchev–Trinajstić information content (AvgIpc) is 2.72. The Morgan fingerprint density at radius 1 is 1.47 bits per heavy atom. The maximum atomic E-state index is 9.08. The Bertz CT molecular complexity index is 585. The predicted octanol–water partition coefficient (Wildman–Crippen LogP) is 4.03. The Kier molecular flexibility index (Phi) is 2.53. The molecule has 1 aliphatic rings. The third kappa shape index (κ3) is 2.01. The highest BCUT2D eigenvalue weighted by Crippen LogP contribution is 2.48. The summed E-state index contributed by atoms with van der Waals surface area (Å²) in [6.45, 7) is 2.11. The van der Waals surface area contributed by atoms with Crippen molar-refractivity contribution in [3.05, 3.63) is 27.4 Å². The van der Waals surface area contributed by atoms with Crippen molar-refractivity contribution in [2.45, 2.75) is 26.2 Å². The second-order valence-corrected chi connectivity index (χ2v) is 6.49. The molecule has 17 heavy (non-hydrogen) atoms. The van der Waals surface area contributed by atoms with Gasteiger partial charge in [0.05, 0.1) is 27.1 Å². The van der Waals surface area contributed by atoms with Crippen LogP contribution < -0.4 is 0 Å². The van der Waals surface area contributed by atoms with Crippen molar-refractivity contribution < 1.29 is 0 Å². The van der Waals surface area contributed by atoms with Crippen molar-refractivity contribution in [2.24, 2.45) is 5.41 Å². The van der Waals surface area contributed by atoms with Gasteiger partial charge in [-0.1, -0.05) is 0 Å². The number of hydrogen-bond donors (Lipinski definition) is 0. The summed E-state index contributed by atoms with van der Waals surface area (Å²) in [5.74, 6) is 0. The smallest absolute Gasteiger partial charge is 0.0948 e. The van der Waals surface area contributed by atoms with E-state index >= 15 is 0 Å². The van der Waals surface area contributed by atoms with Crippen LogP contribution in [0.2, 0.25) is 0 Å². The predicted molar refractivity (Wildman–Crippen MR) is 71.1 cm³/mol. The van der Waals surface area contributed by atoms with Gasteiger partial charge in [0.2, 0.25) is 0 Å². The number of rotatable bonds is 3. The summed E-state index contributed by atoms with van der Waals surface area (Å²) < 4.78 is 0. The van der Waals surface area contributed by atoms with Crippen LogP contribution in [0.5, 0.6) is 0 Å². The number of nitrogens with zero attached hydrogens (tertiary/aromatic N) is 2. The lowest BCUT2D eigenvalue weighted by Gasteiger charge is -2.00. The van der Waals surface area contributed by atoms with Gasteiger partial charge in [0.1, 0.15) is 0 Å². The van der Waals surface area contributed by atoms with Gasteiger partial charge in [0, 0.05) is 11.8 Å². The van der Waals surface area contributed by atoms with Crippen LogP contribution in [0.15, 0.2) is 16.8 Å². The molecule has 1 aliphatic carbocycles. The zero-order chi connectivity index (χ0) is 11.9. The van der Waals surface area contributed by atoms with E-state index in [1.807, 2.05) is 0 Å². The van der Waals surface area contributed by atoms with Crippen LogP contribution in [-0.4, -0.2) is 4.98 Å². The molecule has 0 saturated heterocycles. The van der Waals surface area contributed by atoms with Gasteiger partial charge in [-0.15, -0.1) is 22.7 Å². The van der Waals surface area contributed by atoms with Crippen molar-refractivity contribution in [3.63, 3.8) is 0 Å². The van der Waals surface area contributed by atoms with Gasteiger partial charge in [-0.3, -0.25) is 0 Å². The molecule has 0 radical (unpaired) electrons. The summed E-state index contributed by atoms with van der Waals surface area (Å²) in [5.41, 5.74) is 2.28. The van der Waals surface area contributed by atoms with E-state index in [1.165, 1.54) is 10.4 Å². The Hall–Kier alpha value is -1.18. The van der Waals surface area contributed by atoms with Crippen LogP contribution in [0.1, 0.15) is 23.4 Å². The Balaban J connectivity index is 1.84. The third-order valence-corrected chi connectivity index (χ3v) is 5.11. The van der Waals surface area contributed by atoms with E-state index < -0.39 is 0 Å². The molecule has 2 heterocycles. The quantitative estimate of drug-likeness (QED) is 0.835. The van der Waals surface area contributed by atoms with Crippen LogP contribution in [0.4, 0.5) is 0 Å². The maximum absolute atomic E-state index is 9.08. The van der Waals surface area contributed by atoms with Crippen molar-refractivity contribution in [2.75, 3.05) is 0 Å². The second kappa shape index (κ2) is 3.94. The van der Waals surface area contributed by atoms with Crippen molar-refractivity contribution in [1.82, 2.24) is 4.98 Å². The summed E-state index contributed by atoms with van der Waals surface area (Å²) >= 11 is 3.42. The van der Waals surface area contributed by atoms with E-state index in [1.54, 1.807) is 22.7 Å². The molecular formula is C13H12N2S2. The van der Waals surface area contributed by atoms with E-state index in [-0.39, 0.29) is 5.41 Å². The lowest BCUT2D eigenvalue weighted by molar-refractivity contribution is 0.662. The Morgan fingerprint density at radius 3 is 2.88 bits per heavy atom. The molecule has 0 spiro atoms. The summed E-state index contributed by atoms with van der Waals surface area (Å²) in [6.07, 6.45) is 2.91. The SMILES string of the molecule is Cc1ccsc1-c1csc(CC2(C#N)CC2)n1. The number of thiophene rings is 1. The summed E-state index contributed by atoms with van der Waals surface area (Å²) in [4.78, 5) is 5.92. The van der Waals surface area contributed by atoms with E-state index in [9.17, 15) is 0 Å². The molecule has 3 rings (SSSR count). The Morgan fingerprint density at radius 2 is 2.29 bits per heavy atom. The van der Waals surface area contributed by atoms with Crippen LogP contribution in [-0.2, 0) is 6.42 Å². The normalized spacial score (nSPS) is 16.7. The van der Waals surface area contributed by atoms with Gasteiger partial charge in [0.25, 0.3) is 0 Å². The molecule has 0 N–H and O–H groups in total.